The van der Waals surface area contributed by atoms with E-state index in [1.807, 2.05) is 41.5 Å². The van der Waals surface area contributed by atoms with Crippen molar-refractivity contribution in [3.8, 4) is 0 Å². The smallest absolute Gasteiger partial charge is 0.144 e. The lowest BCUT2D eigenvalue weighted by Crippen LogP contribution is -2.83. The maximum atomic E-state index is 12.6. The highest BCUT2D eigenvalue weighted by Crippen LogP contribution is 2.64. The van der Waals surface area contributed by atoms with E-state index < -0.39 is 22.4 Å². The van der Waals surface area contributed by atoms with Crippen LogP contribution in [0.15, 0.2) is 0 Å². The van der Waals surface area contributed by atoms with Gasteiger partial charge in [0.2, 0.25) is 0 Å². The second-order valence-corrected chi connectivity index (χ2v) is 8.24. The Hall–Kier alpha value is -0.740. The molecule has 0 unspecified atom stereocenters. The van der Waals surface area contributed by atoms with Crippen molar-refractivity contribution in [1.29, 1.82) is 0 Å². The van der Waals surface area contributed by atoms with Crippen LogP contribution in [0.4, 0.5) is 0 Å². The lowest BCUT2D eigenvalue weighted by Gasteiger charge is -2.70. The zero-order valence-corrected chi connectivity index (χ0v) is 13.2. The molecule has 2 saturated heterocycles. The number of ketones is 2. The van der Waals surface area contributed by atoms with Crippen molar-refractivity contribution in [2.45, 2.75) is 76.8 Å². The molecule has 1 saturated carbocycles. The van der Waals surface area contributed by atoms with Gasteiger partial charge in [0.1, 0.15) is 11.6 Å². The van der Waals surface area contributed by atoms with E-state index in [2.05, 4.69) is 0 Å². The van der Waals surface area contributed by atoms with Crippen molar-refractivity contribution in [3.63, 3.8) is 0 Å². The first kappa shape index (κ1) is 14.2. The average Bonchev–Trinajstić information content (AvgIpc) is 2.06. The van der Waals surface area contributed by atoms with Gasteiger partial charge >= 0.3 is 0 Å². The minimum absolute atomic E-state index is 0.160. The summed E-state index contributed by atoms with van der Waals surface area (Å²) >= 11 is 0. The molecular weight excluding hydrogens is 256 g/mol. The van der Waals surface area contributed by atoms with Crippen LogP contribution in [0.25, 0.3) is 0 Å². The number of carbonyl (C=O) groups is 2. The molecule has 0 aromatic heterocycles. The zero-order valence-electron chi connectivity index (χ0n) is 13.2. The summed E-state index contributed by atoms with van der Waals surface area (Å²) in [6.07, 6.45) is 0.765. The van der Waals surface area contributed by atoms with Gasteiger partial charge in [0.05, 0.1) is 34.2 Å². The molecule has 3 fully saturated rings. The van der Waals surface area contributed by atoms with Crippen LogP contribution in [-0.4, -0.2) is 34.0 Å². The van der Waals surface area contributed by atoms with E-state index in [1.54, 1.807) is 0 Å². The fourth-order valence-corrected chi connectivity index (χ4v) is 5.20. The van der Waals surface area contributed by atoms with Crippen LogP contribution < -0.4 is 0 Å². The highest BCUT2D eigenvalue weighted by atomic mass is 16.6. The van der Waals surface area contributed by atoms with Crippen molar-refractivity contribution in [2.24, 2.45) is 11.8 Å². The first-order valence-electron chi connectivity index (χ1n) is 7.37. The fourth-order valence-electron chi connectivity index (χ4n) is 5.20. The molecule has 0 bridgehead atoms. The highest BCUT2D eigenvalue weighted by molar-refractivity contribution is 5.95. The highest BCUT2D eigenvalue weighted by Gasteiger charge is 2.78. The van der Waals surface area contributed by atoms with Crippen molar-refractivity contribution >= 4 is 11.6 Å². The van der Waals surface area contributed by atoms with Crippen molar-refractivity contribution < 1.29 is 19.1 Å². The van der Waals surface area contributed by atoms with E-state index in [9.17, 15) is 9.59 Å². The fraction of sp³-hybridized carbons (Fsp3) is 0.875. The third-order valence-electron chi connectivity index (χ3n) is 5.13. The molecule has 4 heteroatoms. The van der Waals surface area contributed by atoms with E-state index in [0.29, 0.717) is 12.8 Å². The Bertz CT molecular complexity index is 449. The van der Waals surface area contributed by atoms with Gasteiger partial charge in [-0.2, -0.15) is 0 Å². The van der Waals surface area contributed by atoms with Crippen LogP contribution in [0.5, 0.6) is 0 Å². The maximum Gasteiger partial charge on any atom is 0.144 e. The number of ether oxygens (including phenoxy) is 2. The molecule has 1 aliphatic carbocycles. The van der Waals surface area contributed by atoms with Crippen LogP contribution in [0.1, 0.15) is 54.4 Å². The number of carbonyl (C=O) groups excluding carboxylic acids is 2. The topological polar surface area (TPSA) is 52.6 Å². The first-order valence-corrected chi connectivity index (χ1v) is 7.37. The third kappa shape index (κ3) is 1.61. The number of hydrogen-bond donors (Lipinski definition) is 0. The quantitative estimate of drug-likeness (QED) is 0.683. The van der Waals surface area contributed by atoms with Crippen molar-refractivity contribution in [3.05, 3.63) is 0 Å². The molecule has 0 aromatic rings. The Labute approximate surface area is 120 Å². The summed E-state index contributed by atoms with van der Waals surface area (Å²) < 4.78 is 12.4. The molecule has 3 rings (SSSR count). The van der Waals surface area contributed by atoms with Crippen LogP contribution >= 0.6 is 0 Å². The Morgan fingerprint density at radius 2 is 1.05 bits per heavy atom. The van der Waals surface area contributed by atoms with Gasteiger partial charge in [0, 0.05) is 12.8 Å². The summed E-state index contributed by atoms with van der Waals surface area (Å²) in [5.41, 5.74) is -2.42. The Morgan fingerprint density at radius 3 is 1.35 bits per heavy atom. The van der Waals surface area contributed by atoms with Crippen molar-refractivity contribution in [1.82, 2.24) is 0 Å². The molecule has 0 atom stereocenters. The lowest BCUT2D eigenvalue weighted by molar-refractivity contribution is -0.354. The van der Waals surface area contributed by atoms with Crippen molar-refractivity contribution in [2.75, 3.05) is 0 Å². The number of fused-ring (bicyclic) bond motifs is 4. The number of hydrogen-bond acceptors (Lipinski definition) is 4. The Morgan fingerprint density at radius 1 is 0.750 bits per heavy atom. The molecule has 0 N–H and O–H groups in total. The van der Waals surface area contributed by atoms with Gasteiger partial charge in [0.15, 0.2) is 0 Å². The maximum absolute atomic E-state index is 12.6. The molecular formula is C16H24O4. The van der Waals surface area contributed by atoms with Crippen LogP contribution in [-0.2, 0) is 19.1 Å². The standard InChI is InChI=1S/C16H24O4/c1-13(2)7-9(17)11-15(5,19-13)12-10(18)8-14(3,4)20-16(11,12)6/h11-12H,7-8H2,1-6H3. The summed E-state index contributed by atoms with van der Waals surface area (Å²) in [6.45, 7) is 11.5. The lowest BCUT2D eigenvalue weighted by atomic mass is 9.45. The average molecular weight is 280 g/mol. The molecule has 3 aliphatic rings. The molecule has 20 heavy (non-hydrogen) atoms. The van der Waals surface area contributed by atoms with Gasteiger partial charge in [-0.3, -0.25) is 9.59 Å². The summed E-state index contributed by atoms with van der Waals surface area (Å²) in [5.74, 6) is -0.353. The minimum atomic E-state index is -0.707. The second kappa shape index (κ2) is 3.53. The van der Waals surface area contributed by atoms with E-state index >= 15 is 0 Å². The largest absolute Gasteiger partial charge is 0.367 e. The summed E-state index contributed by atoms with van der Waals surface area (Å²) in [6, 6.07) is 0. The molecule has 0 amide bonds. The summed E-state index contributed by atoms with van der Waals surface area (Å²) in [7, 11) is 0. The molecule has 2 aliphatic heterocycles. The van der Waals surface area contributed by atoms with E-state index in [0.717, 1.165) is 0 Å². The predicted molar refractivity (Wildman–Crippen MR) is 73.4 cm³/mol. The van der Waals surface area contributed by atoms with E-state index in [4.69, 9.17) is 9.47 Å². The second-order valence-electron chi connectivity index (χ2n) is 8.24. The Balaban J connectivity index is 2.04. The predicted octanol–water partition coefficient (Wildman–Crippen LogP) is 2.29. The van der Waals surface area contributed by atoms with Crippen LogP contribution in [0.3, 0.4) is 0 Å². The molecule has 0 radical (unpaired) electrons. The summed E-state index contributed by atoms with van der Waals surface area (Å²) in [5, 5.41) is 0. The Kier molecular flexibility index (Phi) is 2.51. The van der Waals surface area contributed by atoms with E-state index in [1.165, 1.54) is 0 Å². The number of Topliss-reactive ketones (excluding diaryl/α,β-unsaturated/α-hetero) is 2. The van der Waals surface area contributed by atoms with Gasteiger partial charge < -0.3 is 9.47 Å². The third-order valence-corrected chi connectivity index (χ3v) is 5.13. The first-order chi connectivity index (χ1) is 8.91. The zero-order chi connectivity index (χ0) is 15.1. The van der Waals surface area contributed by atoms with E-state index in [-0.39, 0.29) is 23.4 Å². The van der Waals surface area contributed by atoms with Gasteiger partial charge in [-0.25, -0.2) is 0 Å². The SMILES string of the molecule is CC1(C)CC(=O)C2C(C)(O1)C1C(=O)CC(C)(C)OC21C. The van der Waals surface area contributed by atoms with Crippen LogP contribution in [0, 0.1) is 11.8 Å². The molecule has 112 valence electrons. The molecule has 4 nitrogen and oxygen atoms in total. The van der Waals surface area contributed by atoms with Gasteiger partial charge in [0.25, 0.3) is 0 Å². The van der Waals surface area contributed by atoms with Crippen LogP contribution in [0.2, 0.25) is 0 Å². The molecule has 0 aromatic carbocycles. The minimum Gasteiger partial charge on any atom is -0.367 e. The molecule has 0 spiro atoms. The van der Waals surface area contributed by atoms with Gasteiger partial charge in [-0.05, 0) is 41.5 Å². The molecule has 2 heterocycles. The van der Waals surface area contributed by atoms with Gasteiger partial charge in [-0.1, -0.05) is 0 Å². The monoisotopic (exact) mass is 280 g/mol. The summed E-state index contributed by atoms with van der Waals surface area (Å²) in [4.78, 5) is 25.2. The normalized spacial score (nSPS) is 49.1. The van der Waals surface area contributed by atoms with Gasteiger partial charge in [-0.15, -0.1) is 0 Å². The number of rotatable bonds is 0.